The zero-order valence-electron chi connectivity index (χ0n) is 32.6. The van der Waals surface area contributed by atoms with Crippen molar-refractivity contribution in [3.63, 3.8) is 0 Å². The van der Waals surface area contributed by atoms with Gasteiger partial charge in [0.2, 0.25) is 11.8 Å². The second kappa shape index (κ2) is 27.2. The summed E-state index contributed by atoms with van der Waals surface area (Å²) in [4.78, 5) is 82.5. The molecule has 27 heteroatoms. The fourth-order valence-electron chi connectivity index (χ4n) is 5.42. The molecule has 346 valence electrons. The minimum absolute atomic E-state index is 0.0560. The van der Waals surface area contributed by atoms with Crippen molar-refractivity contribution >= 4 is 182 Å². The molecule has 0 heterocycles. The molecule has 0 aliphatic rings. The van der Waals surface area contributed by atoms with Gasteiger partial charge in [-0.15, -0.1) is 0 Å². The normalized spacial score (nSPS) is 13.6. The van der Waals surface area contributed by atoms with E-state index in [1.165, 1.54) is 0 Å². The van der Waals surface area contributed by atoms with Crippen LogP contribution in [0, 0.1) is 21.4 Å². The summed E-state index contributed by atoms with van der Waals surface area (Å²) in [5, 5.41) is 101. The second-order valence-corrected chi connectivity index (χ2v) is 19.5. The van der Waals surface area contributed by atoms with E-state index in [2.05, 4.69) is 21.3 Å². The van der Waals surface area contributed by atoms with Gasteiger partial charge >= 0.3 is 0 Å². The predicted molar refractivity (Wildman–Crippen MR) is 273 cm³/mol. The molecular weight excluding hydrogens is 1510 g/mol. The van der Waals surface area contributed by atoms with Crippen LogP contribution in [0.1, 0.15) is 55.3 Å². The highest BCUT2D eigenvalue weighted by atomic mass is 127. The number of nitrogens with one attached hydrogen (secondary N) is 4. The summed E-state index contributed by atoms with van der Waals surface area (Å²) >= 11 is 10.6. The van der Waals surface area contributed by atoms with Crippen LogP contribution in [0.25, 0.3) is 0 Å². The lowest BCUT2D eigenvalue weighted by molar-refractivity contribution is -0.117. The van der Waals surface area contributed by atoms with E-state index >= 15 is 0 Å². The highest BCUT2D eigenvalue weighted by Gasteiger charge is 2.37. The molecule has 0 spiro atoms. The van der Waals surface area contributed by atoms with E-state index in [4.69, 9.17) is 0 Å². The molecule has 0 saturated carbocycles. The van der Waals surface area contributed by atoms with Crippen molar-refractivity contribution in [2.75, 3.05) is 75.5 Å². The molecular formula is C35H44I6N6O15. The minimum atomic E-state index is -2.11. The van der Waals surface area contributed by atoms with Crippen LogP contribution >= 0.6 is 136 Å². The average molecular weight is 1550 g/mol. The smallest absolute Gasteiger partial charge is 0.253 e. The molecule has 0 aromatic heterocycles. The number of rotatable bonds is 22. The van der Waals surface area contributed by atoms with Gasteiger partial charge in [0, 0.05) is 47.2 Å². The number of aliphatic hydroxyl groups is 9. The standard InChI is InChI=1S/C35H44I6N6O15/c1-13(52)46(29-25(38)19(32(59)42-3-5-48)23(36)21(27(29)40)34(61)44-7-15(54)11-50)9-17(56)31(58)18(57)10-47(14(2)53)30-26(39)20(33(60)43-4-6-49)24(37)22(28(30)41)35(62)45-8-16(55)12-51/h15-18,31,48-51,54-58H,3-12H2,1-2H3,(H,42,59)(H,43,60)(H,44,61)(H,45,62). The molecule has 0 fully saturated rings. The highest BCUT2D eigenvalue weighted by Crippen LogP contribution is 2.40. The van der Waals surface area contributed by atoms with Crippen LogP contribution in [-0.4, -0.2) is 178 Å². The summed E-state index contributed by atoms with van der Waals surface area (Å²) in [6, 6.07) is 0. The van der Waals surface area contributed by atoms with E-state index in [-0.39, 0.29) is 81.2 Å². The monoisotopic (exact) mass is 1550 g/mol. The van der Waals surface area contributed by atoms with E-state index in [0.717, 1.165) is 23.6 Å². The van der Waals surface area contributed by atoms with E-state index in [9.17, 15) is 74.7 Å². The molecule has 4 atom stereocenters. The van der Waals surface area contributed by atoms with Crippen LogP contribution in [0.5, 0.6) is 0 Å². The summed E-state index contributed by atoms with van der Waals surface area (Å²) in [5.74, 6) is -4.58. The van der Waals surface area contributed by atoms with Gasteiger partial charge in [-0.2, -0.15) is 0 Å². The molecule has 0 aliphatic carbocycles. The number of benzene rings is 2. The Morgan fingerprint density at radius 3 is 1.00 bits per heavy atom. The van der Waals surface area contributed by atoms with Gasteiger partial charge in [0.15, 0.2) is 0 Å². The molecule has 0 saturated heterocycles. The number of aliphatic hydroxyl groups excluding tert-OH is 9. The fraction of sp³-hybridized carbons (Fsp3) is 0.486. The second-order valence-electron chi connectivity index (χ2n) is 13.0. The Bertz CT molecular complexity index is 1860. The quantitative estimate of drug-likeness (QED) is 0.0592. The Morgan fingerprint density at radius 2 is 0.758 bits per heavy atom. The average Bonchev–Trinajstić information content (AvgIpc) is 3.21. The lowest BCUT2D eigenvalue weighted by Crippen LogP contribution is -2.51. The summed E-state index contributed by atoms with van der Waals surface area (Å²) < 4.78 is 0.663. The van der Waals surface area contributed by atoms with Crippen molar-refractivity contribution in [3.8, 4) is 0 Å². The van der Waals surface area contributed by atoms with Crippen LogP contribution in [-0.2, 0) is 9.59 Å². The molecule has 2 aromatic carbocycles. The molecule has 0 bridgehead atoms. The SMILES string of the molecule is CC(=O)N(CC(O)C(O)C(O)CN(C(C)=O)c1c(I)c(C(=O)NCCO)c(I)c(C(=O)NCC(O)CO)c1I)c1c(I)c(C(=O)NCCO)c(I)c(C(=O)NCC(O)CO)c1I. The van der Waals surface area contributed by atoms with Gasteiger partial charge in [-0.05, 0) is 136 Å². The highest BCUT2D eigenvalue weighted by molar-refractivity contribution is 14.1. The molecule has 4 unspecified atom stereocenters. The Morgan fingerprint density at radius 1 is 0.484 bits per heavy atom. The zero-order valence-corrected chi connectivity index (χ0v) is 45.5. The van der Waals surface area contributed by atoms with E-state index < -0.39 is 105 Å². The fourth-order valence-corrected chi connectivity index (χ4v) is 14.9. The van der Waals surface area contributed by atoms with Crippen molar-refractivity contribution in [1.82, 2.24) is 21.3 Å². The number of carbonyl (C=O) groups excluding carboxylic acids is 6. The maximum absolute atomic E-state index is 13.5. The van der Waals surface area contributed by atoms with Crippen molar-refractivity contribution in [1.29, 1.82) is 0 Å². The molecule has 0 radical (unpaired) electrons. The molecule has 21 nitrogen and oxygen atoms in total. The Kier molecular flexibility index (Phi) is 25.2. The molecule has 62 heavy (non-hydrogen) atoms. The van der Waals surface area contributed by atoms with Gasteiger partial charge in [-0.3, -0.25) is 28.8 Å². The summed E-state index contributed by atoms with van der Waals surface area (Å²) in [6.45, 7) is -2.59. The molecule has 2 rings (SSSR count). The first-order chi connectivity index (χ1) is 29.0. The van der Waals surface area contributed by atoms with Gasteiger partial charge in [-0.1, -0.05) is 0 Å². The van der Waals surface area contributed by atoms with Gasteiger partial charge in [-0.25, -0.2) is 0 Å². The first-order valence-corrected chi connectivity index (χ1v) is 24.4. The Balaban J connectivity index is 2.71. The van der Waals surface area contributed by atoms with Gasteiger partial charge < -0.3 is 77.0 Å². The van der Waals surface area contributed by atoms with Crippen molar-refractivity contribution in [2.45, 2.75) is 44.4 Å². The lowest BCUT2D eigenvalue weighted by Gasteiger charge is -2.33. The number of hydrogen-bond acceptors (Lipinski definition) is 15. The molecule has 0 aliphatic heterocycles. The topological polar surface area (TPSA) is 339 Å². The molecule has 2 aromatic rings. The minimum Gasteiger partial charge on any atom is -0.395 e. The maximum atomic E-state index is 13.5. The van der Waals surface area contributed by atoms with Gasteiger partial charge in [0.1, 0.15) is 18.3 Å². The number of nitrogens with zero attached hydrogens (tertiary/aromatic N) is 2. The number of hydrogen-bond donors (Lipinski definition) is 13. The number of amides is 6. The van der Waals surface area contributed by atoms with Crippen molar-refractivity contribution in [2.24, 2.45) is 0 Å². The largest absolute Gasteiger partial charge is 0.395 e. The lowest BCUT2D eigenvalue weighted by atomic mass is 10.0. The van der Waals surface area contributed by atoms with Crippen molar-refractivity contribution < 1.29 is 74.7 Å². The first-order valence-electron chi connectivity index (χ1n) is 18.0. The third-order valence-electron chi connectivity index (χ3n) is 8.54. The number of halogens is 6. The van der Waals surface area contributed by atoms with Crippen molar-refractivity contribution in [3.05, 3.63) is 43.7 Å². The Hall–Kier alpha value is -0.720. The van der Waals surface area contributed by atoms with Crippen LogP contribution < -0.4 is 31.1 Å². The summed E-state index contributed by atoms with van der Waals surface area (Å²) in [6.07, 6.45) is -8.72. The van der Waals surface area contributed by atoms with Gasteiger partial charge in [0.05, 0.1) is 99.6 Å². The maximum Gasteiger partial charge on any atom is 0.253 e. The number of anilines is 2. The third-order valence-corrected chi connectivity index (χ3v) is 14.9. The van der Waals surface area contributed by atoms with Gasteiger partial charge in [0.25, 0.3) is 23.6 Å². The van der Waals surface area contributed by atoms with Crippen LogP contribution in [0.2, 0.25) is 0 Å². The van der Waals surface area contributed by atoms with Crippen LogP contribution in [0.15, 0.2) is 0 Å². The first kappa shape index (κ1) is 57.4. The molecule has 6 amide bonds. The zero-order chi connectivity index (χ0) is 47.3. The summed E-state index contributed by atoms with van der Waals surface area (Å²) in [7, 11) is 0. The van der Waals surface area contributed by atoms with E-state index in [1.54, 1.807) is 136 Å². The third kappa shape index (κ3) is 14.6. The van der Waals surface area contributed by atoms with Crippen LogP contribution in [0.4, 0.5) is 11.4 Å². The van der Waals surface area contributed by atoms with Crippen LogP contribution in [0.3, 0.4) is 0 Å². The Labute approximate surface area is 436 Å². The summed E-state index contributed by atoms with van der Waals surface area (Å²) in [5.41, 5.74) is -0.541. The molecule has 13 N–H and O–H groups in total. The van der Waals surface area contributed by atoms with E-state index in [0.29, 0.717) is 0 Å². The van der Waals surface area contributed by atoms with E-state index in [1.807, 2.05) is 0 Å². The predicted octanol–water partition coefficient (Wildman–Crippen LogP) is -1.59. The number of carbonyl (C=O) groups is 6.